The van der Waals surface area contributed by atoms with Crippen molar-refractivity contribution >= 4 is 5.91 Å². The lowest BCUT2D eigenvalue weighted by Gasteiger charge is -2.04. The van der Waals surface area contributed by atoms with Crippen molar-refractivity contribution in [3.05, 3.63) is 0 Å². The molecule has 0 rings (SSSR count). The van der Waals surface area contributed by atoms with E-state index in [1.54, 1.807) is 0 Å². The van der Waals surface area contributed by atoms with Gasteiger partial charge in [0.05, 0.1) is 0 Å². The summed E-state index contributed by atoms with van der Waals surface area (Å²) in [5, 5.41) is 8.58. The highest BCUT2D eigenvalue weighted by Gasteiger charge is 2.00. The van der Waals surface area contributed by atoms with Gasteiger partial charge in [-0.2, -0.15) is 0 Å². The Bertz CT molecular complexity index is 104. The van der Waals surface area contributed by atoms with Gasteiger partial charge in [-0.25, -0.2) is 0 Å². The third kappa shape index (κ3) is 5.56. The molecule has 1 amide bonds. The molecule has 0 aromatic carbocycles. The third-order valence-corrected chi connectivity index (χ3v) is 1.43. The van der Waals surface area contributed by atoms with Crippen molar-refractivity contribution in [3.63, 3.8) is 0 Å². The second-order valence-corrected chi connectivity index (χ2v) is 2.65. The van der Waals surface area contributed by atoms with Crippen LogP contribution in [-0.4, -0.2) is 17.6 Å². The SMILES string of the molecule is CC(CO)CCCC(N)=O. The van der Waals surface area contributed by atoms with Gasteiger partial charge in [0.2, 0.25) is 5.91 Å². The molecule has 3 nitrogen and oxygen atoms in total. The average Bonchev–Trinajstić information content (AvgIpc) is 1.87. The molecular weight excluding hydrogens is 130 g/mol. The van der Waals surface area contributed by atoms with E-state index >= 15 is 0 Å². The van der Waals surface area contributed by atoms with Gasteiger partial charge < -0.3 is 10.8 Å². The van der Waals surface area contributed by atoms with Crippen LogP contribution in [-0.2, 0) is 4.79 Å². The second-order valence-electron chi connectivity index (χ2n) is 2.65. The predicted molar refractivity (Wildman–Crippen MR) is 39.3 cm³/mol. The molecule has 0 radical (unpaired) electrons. The van der Waals surface area contributed by atoms with Gasteiger partial charge in [0.15, 0.2) is 0 Å². The zero-order valence-electron chi connectivity index (χ0n) is 6.34. The Morgan fingerprint density at radius 1 is 1.70 bits per heavy atom. The summed E-state index contributed by atoms with van der Waals surface area (Å²) in [6.07, 6.45) is 2.10. The smallest absolute Gasteiger partial charge is 0.217 e. The van der Waals surface area contributed by atoms with Crippen molar-refractivity contribution in [1.29, 1.82) is 0 Å². The maximum Gasteiger partial charge on any atom is 0.217 e. The fraction of sp³-hybridized carbons (Fsp3) is 0.857. The van der Waals surface area contributed by atoms with Gasteiger partial charge in [-0.3, -0.25) is 4.79 Å². The van der Waals surface area contributed by atoms with E-state index in [-0.39, 0.29) is 12.5 Å². The molecule has 0 spiro atoms. The minimum absolute atomic E-state index is 0.193. The molecule has 3 heteroatoms. The summed E-state index contributed by atoms with van der Waals surface area (Å²) >= 11 is 0. The highest BCUT2D eigenvalue weighted by Crippen LogP contribution is 2.05. The summed E-state index contributed by atoms with van der Waals surface area (Å²) < 4.78 is 0. The van der Waals surface area contributed by atoms with Crippen LogP contribution in [0.1, 0.15) is 26.2 Å². The Labute approximate surface area is 61.2 Å². The predicted octanol–water partition coefficient (Wildman–Crippen LogP) is 0.270. The molecule has 0 heterocycles. The maximum absolute atomic E-state index is 10.2. The van der Waals surface area contributed by atoms with E-state index in [0.29, 0.717) is 12.3 Å². The molecule has 0 aromatic heterocycles. The van der Waals surface area contributed by atoms with E-state index in [2.05, 4.69) is 0 Å². The Balaban J connectivity index is 3.11. The van der Waals surface area contributed by atoms with Crippen molar-refractivity contribution in [2.45, 2.75) is 26.2 Å². The van der Waals surface area contributed by atoms with Crippen molar-refractivity contribution in [3.8, 4) is 0 Å². The monoisotopic (exact) mass is 145 g/mol. The quantitative estimate of drug-likeness (QED) is 0.583. The van der Waals surface area contributed by atoms with Gasteiger partial charge in [-0.15, -0.1) is 0 Å². The summed E-state index contributed by atoms with van der Waals surface area (Å²) in [5.41, 5.74) is 4.92. The minimum atomic E-state index is -0.259. The summed E-state index contributed by atoms with van der Waals surface area (Å²) in [7, 11) is 0. The van der Waals surface area contributed by atoms with E-state index in [1.807, 2.05) is 6.92 Å². The van der Waals surface area contributed by atoms with Crippen molar-refractivity contribution in [2.24, 2.45) is 11.7 Å². The van der Waals surface area contributed by atoms with Crippen LogP contribution in [0.2, 0.25) is 0 Å². The molecular formula is C7H15NO2. The van der Waals surface area contributed by atoms with Crippen molar-refractivity contribution in [1.82, 2.24) is 0 Å². The second kappa shape index (κ2) is 5.23. The lowest BCUT2D eigenvalue weighted by atomic mass is 10.1. The summed E-state index contributed by atoms with van der Waals surface area (Å²) in [6, 6.07) is 0. The van der Waals surface area contributed by atoms with Crippen LogP contribution in [0, 0.1) is 5.92 Å². The average molecular weight is 145 g/mol. The number of nitrogens with two attached hydrogens (primary N) is 1. The normalized spacial score (nSPS) is 13.0. The van der Waals surface area contributed by atoms with Crippen LogP contribution in [0.3, 0.4) is 0 Å². The fourth-order valence-corrected chi connectivity index (χ4v) is 0.716. The largest absolute Gasteiger partial charge is 0.396 e. The first-order valence-electron chi connectivity index (χ1n) is 3.56. The number of aliphatic hydroxyl groups excluding tert-OH is 1. The number of rotatable bonds is 5. The molecule has 0 aliphatic carbocycles. The molecule has 0 aliphatic heterocycles. The lowest BCUT2D eigenvalue weighted by molar-refractivity contribution is -0.118. The van der Waals surface area contributed by atoms with Crippen LogP contribution in [0.4, 0.5) is 0 Å². The summed E-state index contributed by atoms with van der Waals surface area (Å²) in [5.74, 6) is 0.0319. The number of amides is 1. The molecule has 0 bridgehead atoms. The molecule has 10 heavy (non-hydrogen) atoms. The number of aliphatic hydroxyl groups is 1. The molecule has 1 atom stereocenters. The summed E-state index contributed by atoms with van der Waals surface area (Å²) in [6.45, 7) is 2.14. The van der Waals surface area contributed by atoms with Crippen LogP contribution >= 0.6 is 0 Å². The third-order valence-electron chi connectivity index (χ3n) is 1.43. The highest BCUT2D eigenvalue weighted by atomic mass is 16.3. The Hall–Kier alpha value is -0.570. The topological polar surface area (TPSA) is 63.3 Å². The number of carbonyl (C=O) groups is 1. The molecule has 0 aliphatic rings. The lowest BCUT2D eigenvalue weighted by Crippen LogP contribution is -2.11. The first kappa shape index (κ1) is 9.43. The van der Waals surface area contributed by atoms with Gasteiger partial charge in [0, 0.05) is 13.0 Å². The van der Waals surface area contributed by atoms with Crippen LogP contribution in [0.5, 0.6) is 0 Å². The first-order chi connectivity index (χ1) is 4.66. The van der Waals surface area contributed by atoms with Crippen molar-refractivity contribution in [2.75, 3.05) is 6.61 Å². The Kier molecular flexibility index (Phi) is 4.94. The van der Waals surface area contributed by atoms with E-state index in [9.17, 15) is 4.79 Å². The van der Waals surface area contributed by atoms with Crippen LogP contribution in [0.25, 0.3) is 0 Å². The van der Waals surface area contributed by atoms with Crippen LogP contribution in [0.15, 0.2) is 0 Å². The molecule has 1 unspecified atom stereocenters. The van der Waals surface area contributed by atoms with Gasteiger partial charge in [-0.05, 0) is 18.8 Å². The van der Waals surface area contributed by atoms with Gasteiger partial charge >= 0.3 is 0 Å². The van der Waals surface area contributed by atoms with E-state index in [1.165, 1.54) is 0 Å². The zero-order valence-corrected chi connectivity index (χ0v) is 6.34. The van der Waals surface area contributed by atoms with Gasteiger partial charge in [-0.1, -0.05) is 6.92 Å². The van der Waals surface area contributed by atoms with E-state index < -0.39 is 0 Å². The first-order valence-corrected chi connectivity index (χ1v) is 3.56. The molecule has 3 N–H and O–H groups in total. The maximum atomic E-state index is 10.2. The molecule has 0 saturated carbocycles. The number of hydrogen-bond acceptors (Lipinski definition) is 2. The molecule has 0 fully saturated rings. The standard InChI is InChI=1S/C7H15NO2/c1-6(5-9)3-2-4-7(8)10/h6,9H,2-5H2,1H3,(H2,8,10). The van der Waals surface area contributed by atoms with Gasteiger partial charge in [0.1, 0.15) is 0 Å². The Morgan fingerprint density at radius 2 is 2.30 bits per heavy atom. The number of carbonyl (C=O) groups excluding carboxylic acids is 1. The van der Waals surface area contributed by atoms with Crippen LogP contribution < -0.4 is 5.73 Å². The molecule has 0 saturated heterocycles. The van der Waals surface area contributed by atoms with E-state index in [0.717, 1.165) is 12.8 Å². The summed E-state index contributed by atoms with van der Waals surface area (Å²) in [4.78, 5) is 10.2. The highest BCUT2D eigenvalue weighted by molar-refractivity contribution is 5.73. The minimum Gasteiger partial charge on any atom is -0.396 e. The van der Waals surface area contributed by atoms with Gasteiger partial charge in [0.25, 0.3) is 0 Å². The number of primary amides is 1. The molecule has 60 valence electrons. The Morgan fingerprint density at radius 3 is 2.70 bits per heavy atom. The molecule has 0 aromatic rings. The number of hydrogen-bond donors (Lipinski definition) is 2. The fourth-order valence-electron chi connectivity index (χ4n) is 0.716. The van der Waals surface area contributed by atoms with E-state index in [4.69, 9.17) is 10.8 Å². The zero-order chi connectivity index (χ0) is 7.98. The van der Waals surface area contributed by atoms with Crippen molar-refractivity contribution < 1.29 is 9.90 Å².